The third-order valence-electron chi connectivity index (χ3n) is 4.77. The third-order valence-corrected chi connectivity index (χ3v) is 4.77. The molecule has 0 aliphatic heterocycles. The Balaban J connectivity index is 2.06. The summed E-state index contributed by atoms with van der Waals surface area (Å²) in [5.74, 6) is -1.03. The van der Waals surface area contributed by atoms with Gasteiger partial charge < -0.3 is 14.6 Å². The summed E-state index contributed by atoms with van der Waals surface area (Å²) in [4.78, 5) is 25.0. The van der Waals surface area contributed by atoms with Crippen molar-refractivity contribution >= 4 is 11.9 Å². The number of aliphatic hydroxyl groups is 1. The molecule has 0 amide bonds. The topological polar surface area (TPSA) is 72.8 Å². The first kappa shape index (κ1) is 23.6. The van der Waals surface area contributed by atoms with E-state index in [1.807, 2.05) is 26.2 Å². The summed E-state index contributed by atoms with van der Waals surface area (Å²) in [7, 11) is 3.76. The highest BCUT2D eigenvalue weighted by Gasteiger charge is 2.41. The standard InChI is InChI=1S/C24H32NO5/c1-23(2,3)21(26)30-18-25(4,5)16-17-29-22(27)24(28,19-12-8-6-9-13-19)20-14-10-7-11-15-20/h6-15,28H,16-18H2,1-5H3/q+1. The van der Waals surface area contributed by atoms with Crippen LogP contribution in [0.4, 0.5) is 0 Å². The van der Waals surface area contributed by atoms with Crippen molar-refractivity contribution in [3.63, 3.8) is 0 Å². The Hall–Kier alpha value is -2.70. The molecule has 0 atom stereocenters. The molecule has 0 heterocycles. The van der Waals surface area contributed by atoms with Crippen LogP contribution in [0.5, 0.6) is 0 Å². The number of carbonyl (C=O) groups excluding carboxylic acids is 2. The molecular formula is C24H32NO5+. The van der Waals surface area contributed by atoms with E-state index in [0.717, 1.165) is 0 Å². The summed E-state index contributed by atoms with van der Waals surface area (Å²) in [6, 6.07) is 17.5. The molecule has 2 aromatic rings. The molecule has 6 heteroatoms. The van der Waals surface area contributed by atoms with Gasteiger partial charge in [0.2, 0.25) is 12.3 Å². The lowest BCUT2D eigenvalue weighted by Gasteiger charge is -2.31. The Bertz CT molecular complexity index is 801. The minimum absolute atomic E-state index is 0.0703. The fraction of sp³-hybridized carbons (Fsp3) is 0.417. The number of nitrogens with zero attached hydrogens (tertiary/aromatic N) is 1. The fourth-order valence-electron chi connectivity index (χ4n) is 2.77. The number of likely N-dealkylation sites (N-methyl/N-ethyl adjacent to an activating group) is 1. The first-order valence-corrected chi connectivity index (χ1v) is 9.97. The molecule has 0 radical (unpaired) electrons. The second kappa shape index (κ2) is 9.41. The SMILES string of the molecule is CC(C)(C)C(=O)OC[N+](C)(C)CCOC(=O)C(O)(c1ccccc1)c1ccccc1. The lowest BCUT2D eigenvalue weighted by Crippen LogP contribution is -2.47. The van der Waals surface area contributed by atoms with Crippen molar-refractivity contribution in [1.82, 2.24) is 0 Å². The van der Waals surface area contributed by atoms with Crippen LogP contribution in [-0.4, -0.2) is 55.5 Å². The Morgan fingerprint density at radius 3 is 1.73 bits per heavy atom. The Labute approximate surface area is 178 Å². The summed E-state index contributed by atoms with van der Waals surface area (Å²) in [6.07, 6.45) is 0. The van der Waals surface area contributed by atoms with Gasteiger partial charge in [-0.3, -0.25) is 9.28 Å². The number of carbonyl (C=O) groups is 2. The molecule has 1 N–H and O–H groups in total. The molecular weight excluding hydrogens is 382 g/mol. The van der Waals surface area contributed by atoms with Gasteiger partial charge in [0, 0.05) is 0 Å². The molecule has 0 aliphatic carbocycles. The van der Waals surface area contributed by atoms with E-state index >= 15 is 0 Å². The van der Waals surface area contributed by atoms with Gasteiger partial charge in [-0.15, -0.1) is 0 Å². The van der Waals surface area contributed by atoms with Crippen LogP contribution in [0.3, 0.4) is 0 Å². The van der Waals surface area contributed by atoms with Crippen LogP contribution in [-0.2, 0) is 24.7 Å². The summed E-state index contributed by atoms with van der Waals surface area (Å²) >= 11 is 0. The third kappa shape index (κ3) is 5.90. The second-order valence-electron chi connectivity index (χ2n) is 9.05. The van der Waals surface area contributed by atoms with E-state index in [1.54, 1.807) is 69.3 Å². The smallest absolute Gasteiger partial charge is 0.347 e. The Morgan fingerprint density at radius 2 is 1.30 bits per heavy atom. The van der Waals surface area contributed by atoms with Crippen molar-refractivity contribution in [3.8, 4) is 0 Å². The maximum atomic E-state index is 13.0. The molecule has 0 fully saturated rings. The molecule has 0 aromatic heterocycles. The number of benzene rings is 2. The van der Waals surface area contributed by atoms with E-state index < -0.39 is 17.0 Å². The summed E-state index contributed by atoms with van der Waals surface area (Å²) in [6.45, 7) is 6.04. The first-order chi connectivity index (χ1) is 14.0. The number of quaternary nitrogens is 1. The summed E-state index contributed by atoms with van der Waals surface area (Å²) in [5.41, 5.74) is -1.60. The largest absolute Gasteiger partial charge is 0.457 e. The normalized spacial score (nSPS) is 12.3. The monoisotopic (exact) mass is 414 g/mol. The van der Waals surface area contributed by atoms with Crippen LogP contribution in [0.1, 0.15) is 31.9 Å². The van der Waals surface area contributed by atoms with Gasteiger partial charge in [0.05, 0.1) is 19.5 Å². The lowest BCUT2D eigenvalue weighted by molar-refractivity contribution is -0.907. The average Bonchev–Trinajstić information content (AvgIpc) is 2.71. The van der Waals surface area contributed by atoms with Gasteiger partial charge in [-0.25, -0.2) is 4.79 Å². The van der Waals surface area contributed by atoms with Crippen LogP contribution in [0.2, 0.25) is 0 Å². The van der Waals surface area contributed by atoms with Crippen LogP contribution in [0.25, 0.3) is 0 Å². The summed E-state index contributed by atoms with van der Waals surface area (Å²) in [5, 5.41) is 11.4. The summed E-state index contributed by atoms with van der Waals surface area (Å²) < 4.78 is 11.2. The lowest BCUT2D eigenvalue weighted by atomic mass is 9.86. The molecule has 0 unspecified atom stereocenters. The molecule has 2 aromatic carbocycles. The van der Waals surface area contributed by atoms with Crippen molar-refractivity contribution in [2.45, 2.75) is 26.4 Å². The zero-order valence-electron chi connectivity index (χ0n) is 18.4. The zero-order valence-corrected chi connectivity index (χ0v) is 18.4. The average molecular weight is 415 g/mol. The molecule has 2 rings (SSSR count). The van der Waals surface area contributed by atoms with E-state index in [9.17, 15) is 14.7 Å². The van der Waals surface area contributed by atoms with Crippen LogP contribution in [0, 0.1) is 5.41 Å². The highest BCUT2D eigenvalue weighted by molar-refractivity contribution is 5.85. The number of hydrogen-bond acceptors (Lipinski definition) is 5. The van der Waals surface area contributed by atoms with E-state index in [2.05, 4.69) is 0 Å². The Morgan fingerprint density at radius 1 is 0.833 bits per heavy atom. The number of ether oxygens (including phenoxy) is 2. The molecule has 162 valence electrons. The molecule has 30 heavy (non-hydrogen) atoms. The van der Waals surface area contributed by atoms with Gasteiger partial charge in [-0.2, -0.15) is 0 Å². The minimum atomic E-state index is -1.90. The van der Waals surface area contributed by atoms with Gasteiger partial charge in [0.15, 0.2) is 0 Å². The molecule has 6 nitrogen and oxygen atoms in total. The molecule has 0 aliphatic rings. The van der Waals surface area contributed by atoms with Gasteiger partial charge in [-0.05, 0) is 31.9 Å². The van der Waals surface area contributed by atoms with E-state index in [0.29, 0.717) is 22.2 Å². The van der Waals surface area contributed by atoms with Gasteiger partial charge >= 0.3 is 11.9 Å². The highest BCUT2D eigenvalue weighted by Crippen LogP contribution is 2.31. The van der Waals surface area contributed by atoms with Gasteiger partial charge in [0.25, 0.3) is 0 Å². The number of rotatable bonds is 8. The zero-order chi connectivity index (χ0) is 22.4. The fourth-order valence-corrected chi connectivity index (χ4v) is 2.77. The van der Waals surface area contributed by atoms with E-state index in [-0.39, 0.29) is 19.3 Å². The maximum absolute atomic E-state index is 13.0. The van der Waals surface area contributed by atoms with Gasteiger partial charge in [0.1, 0.15) is 13.2 Å². The maximum Gasteiger partial charge on any atom is 0.347 e. The van der Waals surface area contributed by atoms with Crippen molar-refractivity contribution in [3.05, 3.63) is 71.8 Å². The molecule has 0 bridgehead atoms. The molecule has 0 spiro atoms. The number of hydrogen-bond donors (Lipinski definition) is 1. The van der Waals surface area contributed by atoms with Crippen LogP contribution in [0.15, 0.2) is 60.7 Å². The van der Waals surface area contributed by atoms with Gasteiger partial charge in [-0.1, -0.05) is 60.7 Å². The van der Waals surface area contributed by atoms with E-state index in [4.69, 9.17) is 9.47 Å². The highest BCUT2D eigenvalue weighted by atomic mass is 16.6. The quantitative estimate of drug-likeness (QED) is 0.408. The van der Waals surface area contributed by atoms with Crippen molar-refractivity contribution in [1.29, 1.82) is 0 Å². The van der Waals surface area contributed by atoms with Crippen molar-refractivity contribution in [2.75, 3.05) is 34.0 Å². The predicted octanol–water partition coefficient (Wildman–Crippen LogP) is 3.09. The predicted molar refractivity (Wildman–Crippen MR) is 114 cm³/mol. The second-order valence-corrected chi connectivity index (χ2v) is 9.05. The van der Waals surface area contributed by atoms with E-state index in [1.165, 1.54) is 0 Å². The molecule has 0 saturated heterocycles. The molecule has 0 saturated carbocycles. The van der Waals surface area contributed by atoms with Crippen molar-refractivity contribution < 1.29 is 28.7 Å². The Kier molecular flexibility index (Phi) is 7.39. The van der Waals surface area contributed by atoms with Crippen LogP contribution < -0.4 is 0 Å². The van der Waals surface area contributed by atoms with Crippen LogP contribution >= 0.6 is 0 Å². The minimum Gasteiger partial charge on any atom is -0.457 e. The number of esters is 2. The van der Waals surface area contributed by atoms with Crippen molar-refractivity contribution in [2.24, 2.45) is 5.41 Å². The first-order valence-electron chi connectivity index (χ1n) is 9.97.